The molecule has 0 atom stereocenters. The first-order chi connectivity index (χ1) is 12.1. The molecule has 0 radical (unpaired) electrons. The molecule has 0 saturated carbocycles. The zero-order valence-corrected chi connectivity index (χ0v) is 14.8. The van der Waals surface area contributed by atoms with Crippen LogP contribution in [0.3, 0.4) is 0 Å². The van der Waals surface area contributed by atoms with Crippen molar-refractivity contribution in [2.24, 2.45) is 5.10 Å². The Morgan fingerprint density at radius 3 is 2.60 bits per heavy atom. The molecule has 0 spiro atoms. The maximum absolute atomic E-state index is 12.9. The Bertz CT molecular complexity index is 977. The van der Waals surface area contributed by atoms with Crippen molar-refractivity contribution < 1.29 is 4.39 Å². The van der Waals surface area contributed by atoms with E-state index in [4.69, 9.17) is 23.2 Å². The summed E-state index contributed by atoms with van der Waals surface area (Å²) >= 11 is 13.2. The third-order valence-electron chi connectivity index (χ3n) is 3.17. The minimum absolute atomic E-state index is 0.126. The van der Waals surface area contributed by atoms with Crippen molar-refractivity contribution in [1.82, 2.24) is 4.98 Å². The fraction of sp³-hybridized carbons (Fsp3) is 0. The van der Waals surface area contributed by atoms with Gasteiger partial charge in [-0.1, -0.05) is 29.3 Å². The third-order valence-corrected chi connectivity index (χ3v) is 4.76. The van der Waals surface area contributed by atoms with E-state index in [0.29, 0.717) is 26.4 Å². The maximum atomic E-state index is 12.9. The Morgan fingerprint density at radius 2 is 1.92 bits per heavy atom. The zero-order chi connectivity index (χ0) is 17.8. The number of nitriles is 1. The van der Waals surface area contributed by atoms with E-state index < -0.39 is 0 Å². The number of hydrogen-bond acceptors (Lipinski definition) is 5. The lowest BCUT2D eigenvalue weighted by Gasteiger charge is -2.00. The lowest BCUT2D eigenvalue weighted by atomic mass is 10.2. The highest BCUT2D eigenvalue weighted by molar-refractivity contribution is 7.12. The number of rotatable bonds is 4. The first kappa shape index (κ1) is 17.4. The molecule has 2 aromatic carbocycles. The van der Waals surface area contributed by atoms with Gasteiger partial charge in [-0.2, -0.15) is 10.4 Å². The molecule has 0 bridgehead atoms. The summed E-state index contributed by atoms with van der Waals surface area (Å²) in [5.74, 6) is -0.346. The summed E-state index contributed by atoms with van der Waals surface area (Å²) in [5, 5.41) is 16.5. The van der Waals surface area contributed by atoms with Gasteiger partial charge in [-0.15, -0.1) is 11.3 Å². The molecule has 0 aliphatic carbocycles. The number of halogens is 3. The highest BCUT2D eigenvalue weighted by atomic mass is 35.5. The minimum Gasteiger partial charge on any atom is -0.277 e. The number of benzene rings is 2. The van der Waals surface area contributed by atoms with E-state index in [2.05, 4.69) is 15.5 Å². The molecule has 0 aliphatic rings. The van der Waals surface area contributed by atoms with Gasteiger partial charge in [0.05, 0.1) is 21.4 Å². The molecule has 25 heavy (non-hydrogen) atoms. The molecule has 124 valence electrons. The molecule has 1 aromatic heterocycles. The van der Waals surface area contributed by atoms with Crippen LogP contribution in [-0.4, -0.2) is 10.7 Å². The maximum Gasteiger partial charge on any atom is 0.196 e. The Hall–Kier alpha value is -2.46. The van der Waals surface area contributed by atoms with Crippen LogP contribution in [0, 0.1) is 17.1 Å². The normalized spacial score (nSPS) is 11.2. The van der Waals surface area contributed by atoms with Crippen LogP contribution in [0.4, 0.5) is 10.1 Å². The Balaban J connectivity index is 1.83. The van der Waals surface area contributed by atoms with Crippen LogP contribution >= 0.6 is 34.5 Å². The zero-order valence-electron chi connectivity index (χ0n) is 12.5. The first-order valence-electron chi connectivity index (χ1n) is 6.97. The minimum atomic E-state index is -0.346. The van der Waals surface area contributed by atoms with E-state index in [9.17, 15) is 9.65 Å². The smallest absolute Gasteiger partial charge is 0.196 e. The number of nitrogens with zero attached hydrogens (tertiary/aromatic N) is 3. The molecule has 8 heteroatoms. The largest absolute Gasteiger partial charge is 0.277 e. The molecule has 1 heterocycles. The van der Waals surface area contributed by atoms with E-state index in [1.807, 2.05) is 6.07 Å². The summed E-state index contributed by atoms with van der Waals surface area (Å²) < 4.78 is 12.9. The summed E-state index contributed by atoms with van der Waals surface area (Å²) in [4.78, 5) is 4.41. The summed E-state index contributed by atoms with van der Waals surface area (Å²) in [6.45, 7) is 0. The van der Waals surface area contributed by atoms with Gasteiger partial charge in [0.15, 0.2) is 10.7 Å². The lowest BCUT2D eigenvalue weighted by molar-refractivity contribution is 0.628. The third kappa shape index (κ3) is 4.15. The Kier molecular flexibility index (Phi) is 5.29. The molecule has 0 unspecified atom stereocenters. The van der Waals surface area contributed by atoms with Gasteiger partial charge in [-0.05, 0) is 36.4 Å². The van der Waals surface area contributed by atoms with Crippen LogP contribution in [0.25, 0.3) is 11.3 Å². The average molecular weight is 391 g/mol. The van der Waals surface area contributed by atoms with E-state index in [1.165, 1.54) is 35.6 Å². The van der Waals surface area contributed by atoms with E-state index in [-0.39, 0.29) is 11.5 Å². The molecule has 3 aromatic rings. The quantitative estimate of drug-likeness (QED) is 0.466. The molecule has 3 rings (SSSR count). The van der Waals surface area contributed by atoms with Crippen molar-refractivity contribution in [3.05, 3.63) is 68.7 Å². The Labute approximate surface area is 157 Å². The van der Waals surface area contributed by atoms with Crippen molar-refractivity contribution in [1.29, 1.82) is 5.26 Å². The highest BCUT2D eigenvalue weighted by Gasteiger charge is 2.11. The van der Waals surface area contributed by atoms with Gasteiger partial charge >= 0.3 is 0 Å². The standard InChI is InChI=1S/C17H9Cl2FN4S/c18-13-6-1-10(7-14(13)19)16-9-25-17(22-16)15(8-21)24-23-12-4-2-11(20)3-5-12/h1-7,9,23H. The van der Waals surface area contributed by atoms with Crippen molar-refractivity contribution in [2.45, 2.75) is 0 Å². The summed E-state index contributed by atoms with van der Waals surface area (Å²) in [7, 11) is 0. The SMILES string of the molecule is N#CC(=NNc1ccc(F)cc1)c1nc(-c2ccc(Cl)c(Cl)c2)cs1. The van der Waals surface area contributed by atoms with Crippen molar-refractivity contribution in [3.8, 4) is 17.3 Å². The van der Waals surface area contributed by atoms with Crippen molar-refractivity contribution in [2.75, 3.05) is 5.43 Å². The van der Waals surface area contributed by atoms with Gasteiger partial charge in [-0.3, -0.25) is 5.43 Å². The number of hydrazone groups is 1. The second-order valence-corrected chi connectivity index (χ2v) is 6.53. The number of hydrogen-bond donors (Lipinski definition) is 1. The van der Waals surface area contributed by atoms with Gasteiger partial charge < -0.3 is 0 Å². The predicted octanol–water partition coefficient (Wildman–Crippen LogP) is 5.60. The second-order valence-electron chi connectivity index (χ2n) is 4.86. The van der Waals surface area contributed by atoms with E-state index in [1.54, 1.807) is 23.6 Å². The number of aromatic nitrogens is 1. The van der Waals surface area contributed by atoms with Crippen LogP contribution in [0.1, 0.15) is 5.01 Å². The lowest BCUT2D eigenvalue weighted by Crippen LogP contribution is -2.01. The molecule has 1 N–H and O–H groups in total. The Morgan fingerprint density at radius 1 is 1.16 bits per heavy atom. The summed E-state index contributed by atoms with van der Waals surface area (Å²) in [6.07, 6.45) is 0. The van der Waals surface area contributed by atoms with Gasteiger partial charge in [0.1, 0.15) is 11.9 Å². The van der Waals surface area contributed by atoms with E-state index in [0.717, 1.165) is 5.56 Å². The first-order valence-corrected chi connectivity index (χ1v) is 8.61. The summed E-state index contributed by atoms with van der Waals surface area (Å²) in [6, 6.07) is 12.8. The predicted molar refractivity (Wildman–Crippen MR) is 99.7 cm³/mol. The summed E-state index contributed by atoms with van der Waals surface area (Å²) in [5.41, 5.74) is 4.87. The fourth-order valence-electron chi connectivity index (χ4n) is 1.94. The van der Waals surface area contributed by atoms with Gasteiger partial charge in [0, 0.05) is 10.9 Å². The van der Waals surface area contributed by atoms with Crippen LogP contribution in [0.15, 0.2) is 52.9 Å². The number of nitrogens with one attached hydrogen (secondary N) is 1. The topological polar surface area (TPSA) is 61.1 Å². The highest BCUT2D eigenvalue weighted by Crippen LogP contribution is 2.29. The van der Waals surface area contributed by atoms with Gasteiger partial charge in [-0.25, -0.2) is 9.37 Å². The van der Waals surface area contributed by atoms with Crippen LogP contribution in [-0.2, 0) is 0 Å². The molecule has 4 nitrogen and oxygen atoms in total. The van der Waals surface area contributed by atoms with Gasteiger partial charge in [0.25, 0.3) is 0 Å². The molecular formula is C17H9Cl2FN4S. The molecule has 0 aliphatic heterocycles. The number of anilines is 1. The molecule has 0 amide bonds. The van der Waals surface area contributed by atoms with Crippen molar-refractivity contribution >= 4 is 45.9 Å². The van der Waals surface area contributed by atoms with Crippen LogP contribution in [0.2, 0.25) is 10.0 Å². The fourth-order valence-corrected chi connectivity index (χ4v) is 3.00. The average Bonchev–Trinajstić information content (AvgIpc) is 3.09. The van der Waals surface area contributed by atoms with Crippen LogP contribution in [0.5, 0.6) is 0 Å². The molecule has 0 saturated heterocycles. The monoisotopic (exact) mass is 390 g/mol. The molecular weight excluding hydrogens is 382 g/mol. The number of thiazole rings is 1. The van der Waals surface area contributed by atoms with Crippen LogP contribution < -0.4 is 5.43 Å². The molecule has 0 fully saturated rings. The second kappa shape index (κ2) is 7.62. The van der Waals surface area contributed by atoms with Crippen molar-refractivity contribution in [3.63, 3.8) is 0 Å². The van der Waals surface area contributed by atoms with Gasteiger partial charge in [0.2, 0.25) is 0 Å². The van der Waals surface area contributed by atoms with E-state index >= 15 is 0 Å².